The van der Waals surface area contributed by atoms with Gasteiger partial charge in [0.25, 0.3) is 0 Å². The monoisotopic (exact) mass is 164 g/mol. The van der Waals surface area contributed by atoms with Crippen molar-refractivity contribution in [3.8, 4) is 0 Å². The van der Waals surface area contributed by atoms with Crippen LogP contribution in [0.3, 0.4) is 0 Å². The predicted octanol–water partition coefficient (Wildman–Crippen LogP) is 1.83. The van der Waals surface area contributed by atoms with Crippen molar-refractivity contribution in [3.63, 3.8) is 0 Å². The maximum Gasteiger partial charge on any atom is 0.0515 e. The van der Waals surface area contributed by atoms with Crippen LogP contribution < -0.4 is 5.73 Å². The number of hydrogen-bond donors (Lipinski definition) is 1. The highest BCUT2D eigenvalue weighted by Gasteiger charge is 2.13. The second-order valence-corrected chi connectivity index (χ2v) is 3.44. The minimum atomic E-state index is 0.465. The number of nitrogens with zero attached hydrogens (tertiary/aromatic N) is 1. The molecule has 0 fully saturated rings. The summed E-state index contributed by atoms with van der Waals surface area (Å²) in [5, 5.41) is 0. The van der Waals surface area contributed by atoms with E-state index < -0.39 is 0 Å². The molecule has 0 radical (unpaired) electrons. The fourth-order valence-corrected chi connectivity index (χ4v) is 1.23. The molecule has 1 aliphatic rings. The zero-order valence-electron chi connectivity index (χ0n) is 7.96. The average molecular weight is 164 g/mol. The molecule has 0 aromatic rings. The van der Waals surface area contributed by atoms with Crippen LogP contribution in [0.25, 0.3) is 0 Å². The van der Waals surface area contributed by atoms with E-state index in [0.717, 1.165) is 11.4 Å². The lowest BCUT2D eigenvalue weighted by Crippen LogP contribution is -2.19. The Morgan fingerprint density at radius 3 is 2.58 bits per heavy atom. The average Bonchev–Trinajstić information content (AvgIpc) is 1.96. The molecule has 1 aliphatic heterocycles. The summed E-state index contributed by atoms with van der Waals surface area (Å²) >= 11 is 0. The van der Waals surface area contributed by atoms with Crippen molar-refractivity contribution in [1.82, 2.24) is 4.90 Å². The highest BCUT2D eigenvalue weighted by atomic mass is 15.1. The molecule has 1 heterocycles. The highest BCUT2D eigenvalue weighted by Crippen LogP contribution is 2.23. The van der Waals surface area contributed by atoms with Crippen LogP contribution >= 0.6 is 0 Å². The molecule has 0 spiro atoms. The van der Waals surface area contributed by atoms with E-state index in [1.807, 2.05) is 24.2 Å². The van der Waals surface area contributed by atoms with Crippen molar-refractivity contribution in [2.24, 2.45) is 11.7 Å². The Morgan fingerprint density at radius 2 is 2.08 bits per heavy atom. The number of allylic oxidation sites excluding steroid dienone is 2. The van der Waals surface area contributed by atoms with Gasteiger partial charge in [0.2, 0.25) is 0 Å². The Kier molecular flexibility index (Phi) is 2.27. The zero-order valence-corrected chi connectivity index (χ0v) is 7.96. The molecule has 0 bridgehead atoms. The molecule has 66 valence electrons. The van der Waals surface area contributed by atoms with E-state index >= 15 is 0 Å². The summed E-state index contributed by atoms with van der Waals surface area (Å²) in [7, 11) is 1.95. The van der Waals surface area contributed by atoms with E-state index in [4.69, 9.17) is 5.73 Å². The van der Waals surface area contributed by atoms with Gasteiger partial charge in [0.1, 0.15) is 0 Å². The maximum absolute atomic E-state index is 5.84. The lowest BCUT2D eigenvalue weighted by atomic mass is 9.97. The minimum Gasteiger partial charge on any atom is -0.397 e. The Morgan fingerprint density at radius 1 is 1.50 bits per heavy atom. The molecule has 0 aromatic carbocycles. The van der Waals surface area contributed by atoms with E-state index in [-0.39, 0.29) is 0 Å². The lowest BCUT2D eigenvalue weighted by molar-refractivity contribution is 0.567. The van der Waals surface area contributed by atoms with Crippen molar-refractivity contribution in [2.45, 2.75) is 13.8 Å². The molecule has 2 N–H and O–H groups in total. The summed E-state index contributed by atoms with van der Waals surface area (Å²) < 4.78 is 0. The van der Waals surface area contributed by atoms with Crippen LogP contribution in [0, 0.1) is 5.92 Å². The molecule has 0 aliphatic carbocycles. The second-order valence-electron chi connectivity index (χ2n) is 3.44. The molecule has 0 saturated carbocycles. The lowest BCUT2D eigenvalue weighted by Gasteiger charge is -2.24. The van der Waals surface area contributed by atoms with Crippen molar-refractivity contribution < 1.29 is 0 Å². The van der Waals surface area contributed by atoms with Gasteiger partial charge in [-0.1, -0.05) is 20.4 Å². The van der Waals surface area contributed by atoms with Gasteiger partial charge in [0, 0.05) is 18.9 Å². The van der Waals surface area contributed by atoms with Crippen molar-refractivity contribution in [2.75, 3.05) is 7.05 Å². The third-order valence-electron chi connectivity index (χ3n) is 2.06. The van der Waals surface area contributed by atoms with Gasteiger partial charge in [0.15, 0.2) is 0 Å². The quantitative estimate of drug-likeness (QED) is 0.640. The molecule has 0 unspecified atom stereocenters. The number of rotatable bonds is 1. The van der Waals surface area contributed by atoms with Crippen LogP contribution in [0.5, 0.6) is 0 Å². The largest absolute Gasteiger partial charge is 0.397 e. The topological polar surface area (TPSA) is 29.3 Å². The Hall–Kier alpha value is -1.18. The van der Waals surface area contributed by atoms with Gasteiger partial charge in [-0.3, -0.25) is 0 Å². The number of nitrogens with two attached hydrogens (primary N) is 1. The third kappa shape index (κ3) is 1.52. The van der Waals surface area contributed by atoms with Crippen LogP contribution in [0.15, 0.2) is 35.8 Å². The molecule has 12 heavy (non-hydrogen) atoms. The summed E-state index contributed by atoms with van der Waals surface area (Å²) in [6, 6.07) is 0. The van der Waals surface area contributed by atoms with Gasteiger partial charge in [-0.25, -0.2) is 0 Å². The van der Waals surface area contributed by atoms with Gasteiger partial charge in [0.05, 0.1) is 5.70 Å². The van der Waals surface area contributed by atoms with Gasteiger partial charge in [-0.15, -0.1) is 0 Å². The first-order chi connectivity index (χ1) is 5.52. The smallest absolute Gasteiger partial charge is 0.0515 e. The summed E-state index contributed by atoms with van der Waals surface area (Å²) in [5.74, 6) is 0.465. The van der Waals surface area contributed by atoms with Crippen LogP contribution in [-0.4, -0.2) is 11.9 Å². The van der Waals surface area contributed by atoms with Gasteiger partial charge >= 0.3 is 0 Å². The number of hydrogen-bond acceptors (Lipinski definition) is 2. The zero-order chi connectivity index (χ0) is 9.30. The fourth-order valence-electron chi connectivity index (χ4n) is 1.23. The van der Waals surface area contributed by atoms with Crippen LogP contribution in [0.1, 0.15) is 13.8 Å². The van der Waals surface area contributed by atoms with E-state index in [1.54, 1.807) is 0 Å². The van der Waals surface area contributed by atoms with Crippen LogP contribution in [-0.2, 0) is 0 Å². The SMILES string of the molecule is C=C1C=C(C(C)C)C(N)=CN1C. The predicted molar refractivity (Wildman–Crippen MR) is 52.1 cm³/mol. The van der Waals surface area contributed by atoms with E-state index in [1.165, 1.54) is 5.57 Å². The van der Waals surface area contributed by atoms with E-state index in [2.05, 4.69) is 20.4 Å². The molecular formula is C10H16N2. The van der Waals surface area contributed by atoms with Crippen molar-refractivity contribution >= 4 is 0 Å². The summed E-state index contributed by atoms with van der Waals surface area (Å²) in [6.07, 6.45) is 3.96. The van der Waals surface area contributed by atoms with Gasteiger partial charge in [-0.2, -0.15) is 0 Å². The first kappa shape index (κ1) is 8.91. The summed E-state index contributed by atoms with van der Waals surface area (Å²) in [4.78, 5) is 1.93. The first-order valence-corrected chi connectivity index (χ1v) is 4.13. The molecule has 0 amide bonds. The Balaban J connectivity index is 2.96. The molecular weight excluding hydrogens is 148 g/mol. The molecule has 1 rings (SSSR count). The first-order valence-electron chi connectivity index (χ1n) is 4.13. The van der Waals surface area contributed by atoms with E-state index in [0.29, 0.717) is 5.92 Å². The van der Waals surface area contributed by atoms with Gasteiger partial charge < -0.3 is 10.6 Å². The van der Waals surface area contributed by atoms with Crippen LogP contribution in [0.2, 0.25) is 0 Å². The summed E-state index contributed by atoms with van der Waals surface area (Å²) in [6.45, 7) is 8.17. The maximum atomic E-state index is 5.84. The number of likely N-dealkylation sites (N-methyl/N-ethyl adjacent to an activating group) is 1. The minimum absolute atomic E-state index is 0.465. The molecule has 2 nitrogen and oxygen atoms in total. The fraction of sp³-hybridized carbons (Fsp3) is 0.400. The Bertz CT molecular complexity index is 259. The molecule has 0 saturated heterocycles. The van der Waals surface area contributed by atoms with Crippen LogP contribution in [0.4, 0.5) is 0 Å². The van der Waals surface area contributed by atoms with E-state index in [9.17, 15) is 0 Å². The molecule has 0 aromatic heterocycles. The molecule has 0 atom stereocenters. The van der Waals surface area contributed by atoms with Crippen molar-refractivity contribution in [3.05, 3.63) is 35.8 Å². The highest BCUT2D eigenvalue weighted by molar-refractivity contribution is 5.39. The Labute approximate surface area is 74.0 Å². The normalized spacial score (nSPS) is 18.0. The van der Waals surface area contributed by atoms with Crippen molar-refractivity contribution in [1.29, 1.82) is 0 Å². The summed E-state index contributed by atoms with van der Waals surface area (Å²) in [5.41, 5.74) is 8.86. The standard InChI is InChI=1S/C10H16N2/c1-7(2)9-5-8(3)12(4)6-10(9)11/h5-7H,3,11H2,1-2,4H3. The second kappa shape index (κ2) is 3.05. The molecule has 2 heteroatoms. The third-order valence-corrected chi connectivity index (χ3v) is 2.06. The van der Waals surface area contributed by atoms with Gasteiger partial charge in [-0.05, 0) is 17.6 Å².